The highest BCUT2D eigenvalue weighted by atomic mass is 16.4. The molecule has 10 heteroatoms. The summed E-state index contributed by atoms with van der Waals surface area (Å²) in [5, 5.41) is 37.2. The number of carboxylic acid groups (broad SMARTS) is 4. The molecule has 162 valence electrons. The third-order valence-corrected chi connectivity index (χ3v) is 5.15. The summed E-state index contributed by atoms with van der Waals surface area (Å²) in [7, 11) is 0. The van der Waals surface area contributed by atoms with E-state index in [2.05, 4.69) is 0 Å². The van der Waals surface area contributed by atoms with Crippen LogP contribution in [0.3, 0.4) is 0 Å². The maximum Gasteiger partial charge on any atom is 0.335 e. The number of benzene rings is 2. The van der Waals surface area contributed by atoms with E-state index in [4.69, 9.17) is 0 Å². The Morgan fingerprint density at radius 2 is 1.06 bits per heavy atom. The van der Waals surface area contributed by atoms with E-state index in [1.165, 1.54) is 24.3 Å². The van der Waals surface area contributed by atoms with E-state index in [-0.39, 0.29) is 28.3 Å². The van der Waals surface area contributed by atoms with Gasteiger partial charge in [0.1, 0.15) is 0 Å². The van der Waals surface area contributed by atoms with Crippen molar-refractivity contribution in [2.75, 3.05) is 29.4 Å². The van der Waals surface area contributed by atoms with Gasteiger partial charge in [-0.25, -0.2) is 19.2 Å². The van der Waals surface area contributed by atoms with Gasteiger partial charge in [0.05, 0.1) is 22.3 Å². The summed E-state index contributed by atoms with van der Waals surface area (Å²) < 4.78 is 0. The normalized spacial score (nSPS) is 16.1. The minimum Gasteiger partial charge on any atom is -0.478 e. The lowest BCUT2D eigenvalue weighted by atomic mass is 10.0. The molecule has 2 aromatic rings. The highest BCUT2D eigenvalue weighted by Crippen LogP contribution is 2.28. The van der Waals surface area contributed by atoms with E-state index in [1.54, 1.807) is 0 Å². The molecule has 1 atom stereocenters. The molecule has 0 radical (unpaired) electrons. The van der Waals surface area contributed by atoms with Crippen LogP contribution in [0.2, 0.25) is 0 Å². The maximum absolute atomic E-state index is 11.4. The lowest BCUT2D eigenvalue weighted by molar-refractivity contribution is 0.0676. The van der Waals surface area contributed by atoms with E-state index in [1.807, 2.05) is 16.7 Å². The highest BCUT2D eigenvalue weighted by molar-refractivity contribution is 5.96. The van der Waals surface area contributed by atoms with Crippen LogP contribution in [-0.4, -0.2) is 70.0 Å². The van der Waals surface area contributed by atoms with Crippen molar-refractivity contribution in [2.24, 2.45) is 0 Å². The van der Waals surface area contributed by atoms with Gasteiger partial charge in [-0.3, -0.25) is 0 Å². The molecule has 1 fully saturated rings. The summed E-state index contributed by atoms with van der Waals surface area (Å²) in [6.07, 6.45) is 0. The Kier molecular flexibility index (Phi) is 5.82. The first kappa shape index (κ1) is 21.6. The van der Waals surface area contributed by atoms with E-state index in [9.17, 15) is 39.6 Å². The van der Waals surface area contributed by atoms with Crippen molar-refractivity contribution < 1.29 is 39.6 Å². The molecule has 0 saturated carbocycles. The predicted octanol–water partition coefficient (Wildman–Crippen LogP) is 2.19. The number of aromatic carboxylic acids is 4. The van der Waals surface area contributed by atoms with Gasteiger partial charge in [-0.2, -0.15) is 0 Å². The minimum atomic E-state index is -1.23. The van der Waals surface area contributed by atoms with Gasteiger partial charge in [0.15, 0.2) is 0 Å². The molecule has 3 rings (SSSR count). The topological polar surface area (TPSA) is 156 Å². The van der Waals surface area contributed by atoms with Gasteiger partial charge in [0.25, 0.3) is 0 Å². The lowest BCUT2D eigenvalue weighted by Crippen LogP contribution is -2.52. The maximum atomic E-state index is 11.4. The fourth-order valence-electron chi connectivity index (χ4n) is 3.64. The molecular weight excluding hydrogens is 408 g/mol. The summed E-state index contributed by atoms with van der Waals surface area (Å²) in [4.78, 5) is 49.2. The fraction of sp³-hybridized carbons (Fsp3) is 0.238. The molecule has 0 amide bonds. The zero-order chi connectivity index (χ0) is 22.9. The summed E-state index contributed by atoms with van der Waals surface area (Å²) >= 11 is 0. The van der Waals surface area contributed by atoms with Crippen molar-refractivity contribution in [3.8, 4) is 0 Å². The predicted molar refractivity (Wildman–Crippen MR) is 110 cm³/mol. The SMILES string of the molecule is C[C@H]1CN(c2cc(C(=O)O)cc(C(=O)O)c2)CCN1c1cc(C(=O)O)cc(C(=O)O)c1. The Balaban J connectivity index is 1.90. The summed E-state index contributed by atoms with van der Waals surface area (Å²) in [6, 6.07) is 7.64. The Bertz CT molecular complexity index is 1020. The summed E-state index contributed by atoms with van der Waals surface area (Å²) in [5.74, 6) is -4.94. The number of carboxylic acids is 4. The van der Waals surface area contributed by atoms with Gasteiger partial charge in [-0.05, 0) is 43.3 Å². The third-order valence-electron chi connectivity index (χ3n) is 5.15. The standard InChI is InChI=1S/C21H20N2O8/c1-11-10-22(16-6-12(18(24)25)4-13(7-16)19(26)27)2-3-23(11)17-8-14(20(28)29)5-15(9-17)21(30)31/h4-9,11H,2-3,10H2,1H3,(H,24,25)(H,26,27)(H,28,29)(H,30,31)/t11-/m0/s1. The van der Waals surface area contributed by atoms with Gasteiger partial charge in [0, 0.05) is 37.1 Å². The zero-order valence-corrected chi connectivity index (χ0v) is 16.5. The van der Waals surface area contributed by atoms with Crippen LogP contribution in [0.25, 0.3) is 0 Å². The number of hydrogen-bond donors (Lipinski definition) is 4. The molecule has 31 heavy (non-hydrogen) atoms. The van der Waals surface area contributed by atoms with E-state index in [0.29, 0.717) is 31.0 Å². The van der Waals surface area contributed by atoms with Crippen LogP contribution in [0, 0.1) is 0 Å². The lowest BCUT2D eigenvalue weighted by Gasteiger charge is -2.42. The van der Waals surface area contributed by atoms with E-state index < -0.39 is 23.9 Å². The second kappa shape index (κ2) is 8.34. The van der Waals surface area contributed by atoms with Crippen molar-refractivity contribution in [3.63, 3.8) is 0 Å². The smallest absolute Gasteiger partial charge is 0.335 e. The molecule has 1 aliphatic heterocycles. The van der Waals surface area contributed by atoms with Crippen molar-refractivity contribution in [1.29, 1.82) is 0 Å². The zero-order valence-electron chi connectivity index (χ0n) is 16.5. The van der Waals surface area contributed by atoms with E-state index in [0.717, 1.165) is 12.1 Å². The molecule has 0 bridgehead atoms. The first-order valence-corrected chi connectivity index (χ1v) is 9.31. The van der Waals surface area contributed by atoms with Gasteiger partial charge >= 0.3 is 23.9 Å². The summed E-state index contributed by atoms with van der Waals surface area (Å²) in [6.45, 7) is 3.04. The van der Waals surface area contributed by atoms with Crippen molar-refractivity contribution in [3.05, 3.63) is 58.7 Å². The fourth-order valence-corrected chi connectivity index (χ4v) is 3.64. The molecular formula is C21H20N2O8. The highest BCUT2D eigenvalue weighted by Gasteiger charge is 2.27. The van der Waals surface area contributed by atoms with Crippen LogP contribution in [0.15, 0.2) is 36.4 Å². The molecule has 2 aromatic carbocycles. The Hall–Kier alpha value is -4.08. The second-order valence-corrected chi connectivity index (χ2v) is 7.25. The Labute approximate surface area is 176 Å². The van der Waals surface area contributed by atoms with Crippen LogP contribution in [0.4, 0.5) is 11.4 Å². The molecule has 0 spiro atoms. The quantitative estimate of drug-likeness (QED) is 0.538. The number of carbonyl (C=O) groups is 4. The molecule has 1 heterocycles. The third kappa shape index (κ3) is 4.58. The number of nitrogens with zero attached hydrogens (tertiary/aromatic N) is 2. The van der Waals surface area contributed by atoms with E-state index >= 15 is 0 Å². The number of piperazine rings is 1. The Morgan fingerprint density at radius 1 is 0.677 bits per heavy atom. The molecule has 4 N–H and O–H groups in total. The minimum absolute atomic E-state index is 0.134. The van der Waals surface area contributed by atoms with Gasteiger partial charge in [0.2, 0.25) is 0 Å². The number of hydrogen-bond acceptors (Lipinski definition) is 6. The first-order chi connectivity index (χ1) is 14.6. The van der Waals surface area contributed by atoms with Gasteiger partial charge < -0.3 is 30.2 Å². The van der Waals surface area contributed by atoms with Gasteiger partial charge in [-0.1, -0.05) is 0 Å². The Morgan fingerprint density at radius 3 is 1.42 bits per heavy atom. The van der Waals surface area contributed by atoms with Crippen molar-refractivity contribution in [1.82, 2.24) is 0 Å². The molecule has 10 nitrogen and oxygen atoms in total. The van der Waals surface area contributed by atoms with Gasteiger partial charge in [-0.15, -0.1) is 0 Å². The average Bonchev–Trinajstić information content (AvgIpc) is 2.72. The van der Waals surface area contributed by atoms with Crippen molar-refractivity contribution >= 4 is 35.3 Å². The largest absolute Gasteiger partial charge is 0.478 e. The monoisotopic (exact) mass is 428 g/mol. The molecule has 1 aliphatic rings. The van der Waals surface area contributed by atoms with Crippen LogP contribution in [0.5, 0.6) is 0 Å². The number of rotatable bonds is 6. The molecule has 0 unspecified atom stereocenters. The van der Waals surface area contributed by atoms with Crippen LogP contribution in [-0.2, 0) is 0 Å². The van der Waals surface area contributed by atoms with Crippen molar-refractivity contribution in [2.45, 2.75) is 13.0 Å². The van der Waals surface area contributed by atoms with Crippen LogP contribution >= 0.6 is 0 Å². The first-order valence-electron chi connectivity index (χ1n) is 9.31. The van der Waals surface area contributed by atoms with Crippen LogP contribution < -0.4 is 9.80 Å². The molecule has 0 aromatic heterocycles. The summed E-state index contributed by atoms with van der Waals surface area (Å²) in [5.41, 5.74) is 0.370. The molecule has 0 aliphatic carbocycles. The molecule has 1 saturated heterocycles. The second-order valence-electron chi connectivity index (χ2n) is 7.25. The number of anilines is 2. The average molecular weight is 428 g/mol. The van der Waals surface area contributed by atoms with Crippen LogP contribution in [0.1, 0.15) is 48.4 Å².